The molecule has 5 nitrogen and oxygen atoms in total. The molecule has 0 aliphatic heterocycles. The highest BCUT2D eigenvalue weighted by atomic mass is 35.7. The molecule has 0 unspecified atom stereocenters. The minimum atomic E-state index is -4.07. The molecule has 0 radical (unpaired) electrons. The molecule has 0 bridgehead atoms. The van der Waals surface area contributed by atoms with Crippen molar-refractivity contribution in [1.82, 2.24) is 14.8 Å². The minimum absolute atomic E-state index is 0.139. The van der Waals surface area contributed by atoms with Crippen LogP contribution in [-0.4, -0.2) is 23.2 Å². The van der Waals surface area contributed by atoms with Crippen molar-refractivity contribution in [3.8, 4) is 0 Å². The van der Waals surface area contributed by atoms with Gasteiger partial charge in [0.2, 0.25) is 0 Å². The quantitative estimate of drug-likeness (QED) is 0.787. The number of hydrogen-bond acceptors (Lipinski definition) is 4. The number of nitrogens with zero attached hydrogens (tertiary/aromatic N) is 3. The zero-order valence-corrected chi connectivity index (χ0v) is 12.6. The van der Waals surface area contributed by atoms with E-state index in [0.717, 1.165) is 12.1 Å². The van der Waals surface area contributed by atoms with Crippen LogP contribution in [-0.2, 0) is 22.0 Å². The van der Waals surface area contributed by atoms with Crippen LogP contribution in [0.1, 0.15) is 24.7 Å². The molecule has 0 aliphatic carbocycles. The van der Waals surface area contributed by atoms with Gasteiger partial charge < -0.3 is 4.57 Å². The molecule has 0 saturated heterocycles. The molecule has 0 aliphatic rings. The number of aromatic nitrogens is 3. The third-order valence-electron chi connectivity index (χ3n) is 2.86. The smallest absolute Gasteiger partial charge is 0.296 e. The zero-order valence-electron chi connectivity index (χ0n) is 11.1. The zero-order chi connectivity index (χ0) is 15.6. The van der Waals surface area contributed by atoms with Gasteiger partial charge in [-0.25, -0.2) is 17.2 Å². The third-order valence-corrected chi connectivity index (χ3v) is 4.01. The molecule has 1 aromatic heterocycles. The number of hydrogen-bond donors (Lipinski definition) is 0. The largest absolute Gasteiger partial charge is 0.301 e. The van der Waals surface area contributed by atoms with Gasteiger partial charge in [-0.15, -0.1) is 10.2 Å². The summed E-state index contributed by atoms with van der Waals surface area (Å²) in [6.07, 6.45) is 0.377. The van der Waals surface area contributed by atoms with E-state index in [1.165, 1.54) is 10.6 Å². The molecule has 0 fully saturated rings. The van der Waals surface area contributed by atoms with Crippen LogP contribution in [0.3, 0.4) is 0 Å². The first-order valence-corrected chi connectivity index (χ1v) is 8.45. The minimum Gasteiger partial charge on any atom is -0.301 e. The molecule has 21 heavy (non-hydrogen) atoms. The number of benzene rings is 1. The molecule has 1 aromatic carbocycles. The van der Waals surface area contributed by atoms with Gasteiger partial charge >= 0.3 is 0 Å². The fourth-order valence-corrected chi connectivity index (χ4v) is 2.88. The fourth-order valence-electron chi connectivity index (χ4n) is 1.94. The van der Waals surface area contributed by atoms with Gasteiger partial charge in [0, 0.05) is 29.2 Å². The summed E-state index contributed by atoms with van der Waals surface area (Å²) >= 11 is 0. The molecule has 0 spiro atoms. The fraction of sp³-hybridized carbons (Fsp3) is 0.333. The van der Waals surface area contributed by atoms with Crippen molar-refractivity contribution in [2.24, 2.45) is 0 Å². The average Bonchev–Trinajstić information content (AvgIpc) is 2.77. The van der Waals surface area contributed by atoms with E-state index in [4.69, 9.17) is 10.7 Å². The molecule has 0 atom stereocenters. The molecule has 2 rings (SSSR count). The van der Waals surface area contributed by atoms with E-state index >= 15 is 0 Å². The number of halogens is 3. The second kappa shape index (κ2) is 6.07. The Labute approximate surface area is 125 Å². The summed E-state index contributed by atoms with van der Waals surface area (Å²) in [6, 6.07) is 3.50. The van der Waals surface area contributed by atoms with Crippen molar-refractivity contribution >= 4 is 19.7 Å². The van der Waals surface area contributed by atoms with Crippen molar-refractivity contribution in [3.63, 3.8) is 0 Å². The maximum absolute atomic E-state index is 13.7. The Morgan fingerprint density at radius 2 is 1.86 bits per heavy atom. The van der Waals surface area contributed by atoms with Gasteiger partial charge in [-0.05, 0) is 18.6 Å². The first-order valence-electron chi connectivity index (χ1n) is 6.14. The van der Waals surface area contributed by atoms with Crippen LogP contribution in [0.5, 0.6) is 0 Å². The Kier molecular flexibility index (Phi) is 4.58. The van der Waals surface area contributed by atoms with Gasteiger partial charge in [0.05, 0.1) is 0 Å². The Morgan fingerprint density at radius 1 is 1.24 bits per heavy atom. The summed E-state index contributed by atoms with van der Waals surface area (Å²) in [6.45, 7) is 2.10. The predicted molar refractivity (Wildman–Crippen MR) is 72.5 cm³/mol. The lowest BCUT2D eigenvalue weighted by Crippen LogP contribution is -2.11. The van der Waals surface area contributed by atoms with Crippen molar-refractivity contribution in [3.05, 3.63) is 41.2 Å². The van der Waals surface area contributed by atoms with E-state index in [1.807, 2.05) is 6.92 Å². The maximum atomic E-state index is 13.7. The summed E-state index contributed by atoms with van der Waals surface area (Å²) in [7, 11) is 1.21. The van der Waals surface area contributed by atoms with E-state index in [9.17, 15) is 17.2 Å². The van der Waals surface area contributed by atoms with E-state index < -0.39 is 25.8 Å². The van der Waals surface area contributed by atoms with Crippen molar-refractivity contribution in [2.75, 3.05) is 0 Å². The molecule has 2 aromatic rings. The van der Waals surface area contributed by atoms with Crippen LogP contribution in [0.25, 0.3) is 0 Å². The monoisotopic (exact) mass is 335 g/mol. The van der Waals surface area contributed by atoms with Gasteiger partial charge in [0.15, 0.2) is 0 Å². The highest BCUT2D eigenvalue weighted by molar-refractivity contribution is 8.13. The molecular weight excluding hydrogens is 324 g/mol. The van der Waals surface area contributed by atoms with Crippen molar-refractivity contribution in [1.29, 1.82) is 0 Å². The van der Waals surface area contributed by atoms with Crippen LogP contribution in [0.15, 0.2) is 23.4 Å². The van der Waals surface area contributed by atoms with Crippen molar-refractivity contribution in [2.45, 2.75) is 31.5 Å². The topological polar surface area (TPSA) is 64.8 Å². The lowest BCUT2D eigenvalue weighted by molar-refractivity contribution is 0.541. The summed E-state index contributed by atoms with van der Waals surface area (Å²) < 4.78 is 51.4. The lowest BCUT2D eigenvalue weighted by Gasteiger charge is -2.08. The van der Waals surface area contributed by atoms with Crippen LogP contribution < -0.4 is 0 Å². The van der Waals surface area contributed by atoms with Crippen LogP contribution in [0.2, 0.25) is 0 Å². The van der Waals surface area contributed by atoms with Crippen LogP contribution in [0, 0.1) is 11.6 Å². The summed E-state index contributed by atoms with van der Waals surface area (Å²) in [5.41, 5.74) is -0.194. The van der Waals surface area contributed by atoms with E-state index in [1.54, 1.807) is 0 Å². The van der Waals surface area contributed by atoms with Gasteiger partial charge in [0.25, 0.3) is 14.2 Å². The van der Waals surface area contributed by atoms with Crippen LogP contribution in [0.4, 0.5) is 8.78 Å². The first-order chi connectivity index (χ1) is 9.84. The van der Waals surface area contributed by atoms with Crippen LogP contribution >= 0.6 is 10.7 Å². The van der Waals surface area contributed by atoms with Crippen molar-refractivity contribution < 1.29 is 17.2 Å². The standard InChI is InChI=1S/C12H12ClF2N3O2S/c1-2-6-18-11(16-17-12(18)21(13,19)20)7-8-9(14)4-3-5-10(8)15/h3-5H,2,6-7H2,1H3. The summed E-state index contributed by atoms with van der Waals surface area (Å²) in [4.78, 5) is 0. The molecule has 9 heteroatoms. The average molecular weight is 336 g/mol. The van der Waals surface area contributed by atoms with Gasteiger partial charge in [0.1, 0.15) is 17.5 Å². The molecule has 1 heterocycles. The Balaban J connectivity index is 2.48. The molecule has 0 amide bonds. The number of rotatable bonds is 5. The Bertz CT molecular complexity index is 742. The Hall–Kier alpha value is -1.54. The van der Waals surface area contributed by atoms with E-state index in [2.05, 4.69) is 10.2 Å². The van der Waals surface area contributed by atoms with Gasteiger partial charge in [-0.3, -0.25) is 0 Å². The highest BCUT2D eigenvalue weighted by Gasteiger charge is 2.23. The third kappa shape index (κ3) is 3.38. The van der Waals surface area contributed by atoms with Gasteiger partial charge in [-0.2, -0.15) is 0 Å². The second-order valence-corrected chi connectivity index (χ2v) is 6.82. The van der Waals surface area contributed by atoms with E-state index in [0.29, 0.717) is 6.42 Å². The Morgan fingerprint density at radius 3 is 2.38 bits per heavy atom. The molecule has 114 valence electrons. The predicted octanol–water partition coefficient (Wildman–Crippen LogP) is 2.48. The summed E-state index contributed by atoms with van der Waals surface area (Å²) in [5, 5.41) is 6.79. The molecule has 0 saturated carbocycles. The highest BCUT2D eigenvalue weighted by Crippen LogP contribution is 2.20. The molecule has 0 N–H and O–H groups in total. The lowest BCUT2D eigenvalue weighted by atomic mass is 10.1. The molecular formula is C12H12ClF2N3O2S. The maximum Gasteiger partial charge on any atom is 0.296 e. The van der Waals surface area contributed by atoms with Gasteiger partial charge in [-0.1, -0.05) is 13.0 Å². The summed E-state index contributed by atoms with van der Waals surface area (Å²) in [5.74, 6) is -1.31. The first kappa shape index (κ1) is 15.8. The second-order valence-electron chi connectivity index (χ2n) is 4.37. The normalized spacial score (nSPS) is 11.8. The SMILES string of the molecule is CCCn1c(Cc2c(F)cccc2F)nnc1S(=O)(=O)Cl. The van der Waals surface area contributed by atoms with E-state index in [-0.39, 0.29) is 24.4 Å².